The zero-order valence-electron chi connectivity index (χ0n) is 12.3. The van der Waals surface area contributed by atoms with Gasteiger partial charge in [-0.1, -0.05) is 0 Å². The summed E-state index contributed by atoms with van der Waals surface area (Å²) in [5.41, 5.74) is 1.58. The molecule has 0 spiro atoms. The topological polar surface area (TPSA) is 72.3 Å². The number of rotatable bonds is 7. The lowest BCUT2D eigenvalue weighted by molar-refractivity contribution is -0.145. The van der Waals surface area contributed by atoms with Gasteiger partial charge in [-0.05, 0) is 56.1 Å². The Bertz CT molecular complexity index is 633. The highest BCUT2D eigenvalue weighted by Crippen LogP contribution is 2.10. The highest BCUT2D eigenvalue weighted by Gasteiger charge is 2.13. The second-order valence-corrected chi connectivity index (χ2v) is 6.80. The van der Waals surface area contributed by atoms with Crippen molar-refractivity contribution in [1.29, 1.82) is 0 Å². The second-order valence-electron chi connectivity index (χ2n) is 4.97. The van der Waals surface area contributed by atoms with Crippen molar-refractivity contribution >= 4 is 37.8 Å². The molecule has 122 valence electrons. The van der Waals surface area contributed by atoms with Crippen molar-refractivity contribution in [2.24, 2.45) is 0 Å². The van der Waals surface area contributed by atoms with E-state index >= 15 is 0 Å². The molecule has 0 saturated carbocycles. The van der Waals surface area contributed by atoms with Gasteiger partial charge >= 0.3 is 5.97 Å². The van der Waals surface area contributed by atoms with Crippen molar-refractivity contribution in [1.82, 2.24) is 9.97 Å². The Labute approximate surface area is 151 Å². The number of pyridine rings is 2. The molecule has 23 heavy (non-hydrogen) atoms. The van der Waals surface area contributed by atoms with Gasteiger partial charge < -0.3 is 9.84 Å². The fraction of sp³-hybridized carbons (Fsp3) is 0.312. The fourth-order valence-electron chi connectivity index (χ4n) is 1.92. The van der Waals surface area contributed by atoms with Gasteiger partial charge in [0.25, 0.3) is 0 Å². The first-order valence-corrected chi connectivity index (χ1v) is 8.66. The number of aliphatic hydroxyl groups excluding tert-OH is 1. The van der Waals surface area contributed by atoms with E-state index < -0.39 is 12.1 Å². The molecule has 0 fully saturated rings. The molecular formula is C16H16Br2N2O3. The maximum atomic E-state index is 11.7. The maximum Gasteiger partial charge on any atom is 0.308 e. The van der Waals surface area contributed by atoms with E-state index in [1.165, 1.54) is 0 Å². The third kappa shape index (κ3) is 6.76. The SMILES string of the molecule is O=C(CC(O)Cc1ccc(Br)cn1)OCCc1ccc(Br)cn1. The number of carbonyl (C=O) groups excluding carboxylic acids is 1. The molecule has 2 heterocycles. The summed E-state index contributed by atoms with van der Waals surface area (Å²) < 4.78 is 6.90. The van der Waals surface area contributed by atoms with E-state index in [0.29, 0.717) is 12.8 Å². The van der Waals surface area contributed by atoms with Crippen molar-refractivity contribution in [3.8, 4) is 0 Å². The van der Waals surface area contributed by atoms with E-state index in [9.17, 15) is 9.90 Å². The van der Waals surface area contributed by atoms with Gasteiger partial charge in [-0.2, -0.15) is 0 Å². The second kappa shape index (κ2) is 9.10. The minimum Gasteiger partial charge on any atom is -0.465 e. The molecule has 2 aromatic rings. The average Bonchev–Trinajstić information content (AvgIpc) is 2.51. The van der Waals surface area contributed by atoms with E-state index in [1.54, 1.807) is 18.5 Å². The van der Waals surface area contributed by atoms with Gasteiger partial charge in [0, 0.05) is 45.6 Å². The van der Waals surface area contributed by atoms with Crippen LogP contribution < -0.4 is 0 Å². The first-order valence-electron chi connectivity index (χ1n) is 7.07. The summed E-state index contributed by atoms with van der Waals surface area (Å²) in [7, 11) is 0. The molecule has 1 atom stereocenters. The molecule has 0 amide bonds. The van der Waals surface area contributed by atoms with Crippen LogP contribution in [-0.2, 0) is 22.4 Å². The van der Waals surface area contributed by atoms with Crippen molar-refractivity contribution in [3.63, 3.8) is 0 Å². The predicted molar refractivity (Wildman–Crippen MR) is 92.9 cm³/mol. The highest BCUT2D eigenvalue weighted by atomic mass is 79.9. The Hall–Kier alpha value is -1.31. The van der Waals surface area contributed by atoms with Crippen molar-refractivity contribution < 1.29 is 14.6 Å². The number of hydrogen-bond donors (Lipinski definition) is 1. The molecule has 0 aliphatic rings. The molecule has 0 aliphatic carbocycles. The lowest BCUT2D eigenvalue weighted by Crippen LogP contribution is -2.19. The van der Waals surface area contributed by atoms with Crippen LogP contribution in [0.15, 0.2) is 45.6 Å². The smallest absolute Gasteiger partial charge is 0.308 e. The van der Waals surface area contributed by atoms with Crippen LogP contribution in [0.3, 0.4) is 0 Å². The first-order chi connectivity index (χ1) is 11.0. The fourth-order valence-corrected chi connectivity index (χ4v) is 2.38. The number of halogens is 2. The van der Waals surface area contributed by atoms with Crippen LogP contribution in [0.5, 0.6) is 0 Å². The Balaban J connectivity index is 1.69. The van der Waals surface area contributed by atoms with Crippen molar-refractivity contribution in [2.45, 2.75) is 25.4 Å². The highest BCUT2D eigenvalue weighted by molar-refractivity contribution is 9.10. The van der Waals surface area contributed by atoms with Gasteiger partial charge in [0.15, 0.2) is 0 Å². The van der Waals surface area contributed by atoms with Crippen LogP contribution in [0.1, 0.15) is 17.8 Å². The van der Waals surface area contributed by atoms with Crippen molar-refractivity contribution in [3.05, 3.63) is 57.0 Å². The van der Waals surface area contributed by atoms with Gasteiger partial charge in [0.2, 0.25) is 0 Å². The quantitative estimate of drug-likeness (QED) is 0.665. The van der Waals surface area contributed by atoms with Crippen LogP contribution in [0, 0.1) is 0 Å². The van der Waals surface area contributed by atoms with E-state index in [-0.39, 0.29) is 13.0 Å². The number of aliphatic hydroxyl groups is 1. The van der Waals surface area contributed by atoms with Gasteiger partial charge in [-0.25, -0.2) is 0 Å². The Kier molecular flexibility index (Phi) is 7.14. The van der Waals surface area contributed by atoms with Crippen LogP contribution in [0.25, 0.3) is 0 Å². The van der Waals surface area contributed by atoms with Gasteiger partial charge in [-0.15, -0.1) is 0 Å². The summed E-state index contributed by atoms with van der Waals surface area (Å²) in [6.07, 6.45) is 3.37. The molecular weight excluding hydrogens is 428 g/mol. The zero-order chi connectivity index (χ0) is 16.7. The molecule has 5 nitrogen and oxygen atoms in total. The van der Waals surface area contributed by atoms with Gasteiger partial charge in [0.1, 0.15) is 0 Å². The lowest BCUT2D eigenvalue weighted by atomic mass is 10.1. The molecule has 2 rings (SSSR count). The van der Waals surface area contributed by atoms with Gasteiger partial charge in [-0.3, -0.25) is 14.8 Å². The Morgan fingerprint density at radius 1 is 1.09 bits per heavy atom. The molecule has 1 N–H and O–H groups in total. The number of esters is 1. The minimum absolute atomic E-state index is 0.0501. The third-order valence-electron chi connectivity index (χ3n) is 3.05. The molecule has 2 aromatic heterocycles. The largest absolute Gasteiger partial charge is 0.465 e. The summed E-state index contributed by atoms with van der Waals surface area (Å²) in [6.45, 7) is 0.247. The number of carbonyl (C=O) groups is 1. The van der Waals surface area contributed by atoms with Crippen LogP contribution in [-0.4, -0.2) is 33.8 Å². The number of ether oxygens (including phenoxy) is 1. The van der Waals surface area contributed by atoms with Gasteiger partial charge in [0.05, 0.1) is 19.1 Å². The zero-order valence-corrected chi connectivity index (χ0v) is 15.5. The van der Waals surface area contributed by atoms with Crippen LogP contribution >= 0.6 is 31.9 Å². The lowest BCUT2D eigenvalue weighted by Gasteiger charge is -2.10. The van der Waals surface area contributed by atoms with E-state index in [4.69, 9.17) is 4.74 Å². The number of nitrogens with zero attached hydrogens (tertiary/aromatic N) is 2. The first kappa shape index (κ1) is 18.0. The monoisotopic (exact) mass is 442 g/mol. The van der Waals surface area contributed by atoms with Crippen LogP contribution in [0.2, 0.25) is 0 Å². The average molecular weight is 444 g/mol. The number of hydrogen-bond acceptors (Lipinski definition) is 5. The summed E-state index contributed by atoms with van der Waals surface area (Å²) in [6, 6.07) is 7.40. The number of aromatic nitrogens is 2. The predicted octanol–water partition coefficient (Wildman–Crippen LogP) is 3.08. The van der Waals surface area contributed by atoms with E-state index in [0.717, 1.165) is 20.3 Å². The molecule has 0 aromatic carbocycles. The molecule has 1 unspecified atom stereocenters. The summed E-state index contributed by atoms with van der Waals surface area (Å²) in [5, 5.41) is 9.92. The molecule has 0 bridgehead atoms. The summed E-state index contributed by atoms with van der Waals surface area (Å²) in [5.74, 6) is -0.424. The summed E-state index contributed by atoms with van der Waals surface area (Å²) >= 11 is 6.61. The minimum atomic E-state index is -0.804. The summed E-state index contributed by atoms with van der Waals surface area (Å²) in [4.78, 5) is 20.1. The normalized spacial score (nSPS) is 12.0. The molecule has 0 radical (unpaired) electrons. The molecule has 0 saturated heterocycles. The van der Waals surface area contributed by atoms with E-state index in [2.05, 4.69) is 41.8 Å². The van der Waals surface area contributed by atoms with E-state index in [1.807, 2.05) is 18.2 Å². The molecule has 0 aliphatic heterocycles. The molecule has 7 heteroatoms. The van der Waals surface area contributed by atoms with Crippen molar-refractivity contribution in [2.75, 3.05) is 6.61 Å². The van der Waals surface area contributed by atoms with Crippen LogP contribution in [0.4, 0.5) is 0 Å². The third-order valence-corrected chi connectivity index (χ3v) is 3.98. The standard InChI is InChI=1S/C16H16Br2N2O3/c17-11-1-3-13(19-9-11)5-6-23-16(22)8-15(21)7-14-4-2-12(18)10-20-14/h1-4,9-10,15,21H,5-8H2. The maximum absolute atomic E-state index is 11.7. The Morgan fingerprint density at radius 2 is 1.70 bits per heavy atom. The Morgan fingerprint density at radius 3 is 2.26 bits per heavy atom.